The zero-order valence-corrected chi connectivity index (χ0v) is 10.4. The summed E-state index contributed by atoms with van der Waals surface area (Å²) in [7, 11) is 0. The predicted octanol–water partition coefficient (Wildman–Crippen LogP) is 2.49. The molecule has 1 N–H and O–H groups in total. The van der Waals surface area contributed by atoms with Gasteiger partial charge in [-0.15, -0.1) is 11.8 Å². The van der Waals surface area contributed by atoms with Crippen LogP contribution in [0.2, 0.25) is 0 Å². The van der Waals surface area contributed by atoms with Crippen molar-refractivity contribution < 1.29 is 4.79 Å². The standard InChI is InChI=1S/C12H13N3OS/c1-2-17-8-3-4-10-9(7-8)13-12-14-11(16)5-6-15(10)12/h3-4,7H,2,5-6H2,1H3,(H,13,14,16). The molecule has 4 nitrogen and oxygen atoms in total. The molecule has 1 aliphatic rings. The number of carbonyl (C=O) groups is 1. The molecule has 0 unspecified atom stereocenters. The molecule has 0 fully saturated rings. The number of fused-ring (bicyclic) bond motifs is 3. The first kappa shape index (κ1) is 10.7. The van der Waals surface area contributed by atoms with Crippen molar-refractivity contribution in [3.05, 3.63) is 18.2 Å². The number of hydrogen-bond acceptors (Lipinski definition) is 3. The first-order chi connectivity index (χ1) is 8.28. The molecule has 17 heavy (non-hydrogen) atoms. The SMILES string of the molecule is CCSc1ccc2c(c1)nc1n2CCC(=O)N1. The summed E-state index contributed by atoms with van der Waals surface area (Å²) in [5.41, 5.74) is 2.06. The molecular weight excluding hydrogens is 234 g/mol. The number of aryl methyl sites for hydroxylation is 1. The third-order valence-electron chi connectivity index (χ3n) is 2.84. The number of nitrogens with one attached hydrogen (secondary N) is 1. The Morgan fingerprint density at radius 3 is 3.24 bits per heavy atom. The van der Waals surface area contributed by atoms with Crippen molar-refractivity contribution in [3.63, 3.8) is 0 Å². The van der Waals surface area contributed by atoms with Crippen LogP contribution in [0.25, 0.3) is 11.0 Å². The van der Waals surface area contributed by atoms with Gasteiger partial charge in [0.15, 0.2) is 0 Å². The van der Waals surface area contributed by atoms with Crippen LogP contribution in [0, 0.1) is 0 Å². The van der Waals surface area contributed by atoms with E-state index in [1.807, 2.05) is 0 Å². The van der Waals surface area contributed by atoms with Crippen LogP contribution in [-0.2, 0) is 11.3 Å². The van der Waals surface area contributed by atoms with Crippen molar-refractivity contribution in [2.45, 2.75) is 24.8 Å². The van der Waals surface area contributed by atoms with Crippen molar-refractivity contribution in [2.75, 3.05) is 11.1 Å². The molecule has 0 saturated carbocycles. The molecule has 2 heterocycles. The van der Waals surface area contributed by atoms with Crippen molar-refractivity contribution >= 4 is 34.7 Å². The Balaban J connectivity index is 2.10. The number of benzene rings is 1. The fourth-order valence-corrected chi connectivity index (χ4v) is 2.78. The Kier molecular flexibility index (Phi) is 2.55. The van der Waals surface area contributed by atoms with Gasteiger partial charge in [0, 0.05) is 17.9 Å². The van der Waals surface area contributed by atoms with E-state index in [2.05, 4.69) is 40.0 Å². The van der Waals surface area contributed by atoms with Crippen LogP contribution in [0.1, 0.15) is 13.3 Å². The largest absolute Gasteiger partial charge is 0.309 e. The minimum absolute atomic E-state index is 0.0518. The number of thioether (sulfide) groups is 1. The third kappa shape index (κ3) is 1.80. The van der Waals surface area contributed by atoms with Crippen LogP contribution in [0.5, 0.6) is 0 Å². The summed E-state index contributed by atoms with van der Waals surface area (Å²) in [6.07, 6.45) is 0.532. The first-order valence-corrected chi connectivity index (χ1v) is 6.69. The molecular formula is C12H13N3OS. The number of nitrogens with zero attached hydrogens (tertiary/aromatic N) is 2. The summed E-state index contributed by atoms with van der Waals surface area (Å²) >= 11 is 1.80. The average molecular weight is 247 g/mol. The highest BCUT2D eigenvalue weighted by atomic mass is 32.2. The van der Waals surface area contributed by atoms with Gasteiger partial charge >= 0.3 is 0 Å². The number of carbonyl (C=O) groups excluding carboxylic acids is 1. The molecule has 0 aliphatic carbocycles. The summed E-state index contributed by atoms with van der Waals surface area (Å²) in [4.78, 5) is 17.0. The quantitative estimate of drug-likeness (QED) is 0.829. The summed E-state index contributed by atoms with van der Waals surface area (Å²) in [6.45, 7) is 2.85. The molecule has 0 radical (unpaired) electrons. The highest BCUT2D eigenvalue weighted by molar-refractivity contribution is 7.99. The van der Waals surface area contributed by atoms with Gasteiger partial charge in [-0.3, -0.25) is 10.1 Å². The maximum atomic E-state index is 11.3. The lowest BCUT2D eigenvalue weighted by molar-refractivity contribution is -0.116. The van der Waals surface area contributed by atoms with E-state index in [4.69, 9.17) is 0 Å². The minimum Gasteiger partial charge on any atom is -0.309 e. The second-order valence-corrected chi connectivity index (χ2v) is 5.31. The number of anilines is 1. The zero-order chi connectivity index (χ0) is 11.8. The van der Waals surface area contributed by atoms with E-state index in [0.717, 1.165) is 23.3 Å². The van der Waals surface area contributed by atoms with E-state index >= 15 is 0 Å². The van der Waals surface area contributed by atoms with Crippen molar-refractivity contribution in [1.82, 2.24) is 9.55 Å². The van der Waals surface area contributed by atoms with Crippen LogP contribution < -0.4 is 5.32 Å². The van der Waals surface area contributed by atoms with E-state index in [1.165, 1.54) is 4.90 Å². The smallest absolute Gasteiger partial charge is 0.228 e. The monoisotopic (exact) mass is 247 g/mol. The Bertz CT molecular complexity index is 591. The van der Waals surface area contributed by atoms with E-state index < -0.39 is 0 Å². The van der Waals surface area contributed by atoms with E-state index in [1.54, 1.807) is 11.8 Å². The lowest BCUT2D eigenvalue weighted by Gasteiger charge is -2.14. The maximum absolute atomic E-state index is 11.3. The molecule has 2 aromatic rings. The molecule has 1 amide bonds. The highest BCUT2D eigenvalue weighted by Crippen LogP contribution is 2.27. The molecule has 1 aromatic heterocycles. The van der Waals surface area contributed by atoms with E-state index in [9.17, 15) is 4.79 Å². The Morgan fingerprint density at radius 2 is 2.41 bits per heavy atom. The summed E-state index contributed by atoms with van der Waals surface area (Å²) in [6, 6.07) is 6.28. The number of aromatic nitrogens is 2. The van der Waals surface area contributed by atoms with Gasteiger partial charge < -0.3 is 4.57 Å². The van der Waals surface area contributed by atoms with Crippen LogP contribution in [0.4, 0.5) is 5.95 Å². The van der Waals surface area contributed by atoms with Crippen LogP contribution in [-0.4, -0.2) is 21.2 Å². The lowest BCUT2D eigenvalue weighted by Crippen LogP contribution is -2.23. The molecule has 0 spiro atoms. The molecule has 88 valence electrons. The Labute approximate surface area is 103 Å². The van der Waals surface area contributed by atoms with Gasteiger partial charge in [-0.25, -0.2) is 4.98 Å². The first-order valence-electron chi connectivity index (χ1n) is 5.71. The van der Waals surface area contributed by atoms with Gasteiger partial charge in [0.05, 0.1) is 11.0 Å². The predicted molar refractivity (Wildman–Crippen MR) is 69.4 cm³/mol. The Morgan fingerprint density at radius 1 is 1.53 bits per heavy atom. The van der Waals surface area contributed by atoms with Crippen molar-refractivity contribution in [2.24, 2.45) is 0 Å². The zero-order valence-electron chi connectivity index (χ0n) is 9.56. The van der Waals surface area contributed by atoms with Gasteiger partial charge in [0.1, 0.15) is 0 Å². The third-order valence-corrected chi connectivity index (χ3v) is 3.72. The Hall–Kier alpha value is -1.49. The van der Waals surface area contributed by atoms with E-state index in [-0.39, 0.29) is 5.91 Å². The van der Waals surface area contributed by atoms with Crippen molar-refractivity contribution in [1.29, 1.82) is 0 Å². The normalized spacial score (nSPS) is 14.8. The van der Waals surface area contributed by atoms with Crippen molar-refractivity contribution in [3.8, 4) is 0 Å². The molecule has 5 heteroatoms. The van der Waals surface area contributed by atoms with Gasteiger partial charge in [-0.1, -0.05) is 6.92 Å². The summed E-state index contributed by atoms with van der Waals surface area (Å²) in [5.74, 6) is 1.78. The van der Waals surface area contributed by atoms with Crippen LogP contribution in [0.15, 0.2) is 23.1 Å². The van der Waals surface area contributed by atoms with E-state index in [0.29, 0.717) is 12.4 Å². The molecule has 0 atom stereocenters. The number of rotatable bonds is 2. The lowest BCUT2D eigenvalue weighted by atomic mass is 10.3. The van der Waals surface area contributed by atoms with Gasteiger partial charge in [-0.05, 0) is 24.0 Å². The molecule has 1 aliphatic heterocycles. The maximum Gasteiger partial charge on any atom is 0.228 e. The van der Waals surface area contributed by atoms with Gasteiger partial charge in [0.2, 0.25) is 11.9 Å². The second kappa shape index (κ2) is 4.07. The van der Waals surface area contributed by atoms with Gasteiger partial charge in [0.25, 0.3) is 0 Å². The molecule has 1 aromatic carbocycles. The topological polar surface area (TPSA) is 46.9 Å². The number of imidazole rings is 1. The minimum atomic E-state index is 0.0518. The fourth-order valence-electron chi connectivity index (χ4n) is 2.09. The highest BCUT2D eigenvalue weighted by Gasteiger charge is 2.18. The summed E-state index contributed by atoms with van der Waals surface area (Å²) in [5, 5.41) is 2.81. The molecule has 3 rings (SSSR count). The molecule has 0 saturated heterocycles. The summed E-state index contributed by atoms with van der Waals surface area (Å²) < 4.78 is 2.07. The van der Waals surface area contributed by atoms with Crippen LogP contribution >= 0.6 is 11.8 Å². The number of hydrogen-bond donors (Lipinski definition) is 1. The molecule has 0 bridgehead atoms. The number of amides is 1. The fraction of sp³-hybridized carbons (Fsp3) is 0.333. The second-order valence-electron chi connectivity index (χ2n) is 3.97. The average Bonchev–Trinajstić information content (AvgIpc) is 2.65. The van der Waals surface area contributed by atoms with Gasteiger partial charge in [-0.2, -0.15) is 0 Å². The van der Waals surface area contributed by atoms with Crippen LogP contribution in [0.3, 0.4) is 0 Å².